The van der Waals surface area contributed by atoms with Gasteiger partial charge in [-0.25, -0.2) is 0 Å². The Kier molecular flexibility index (Phi) is 4.08. The molecule has 0 aromatic carbocycles. The lowest BCUT2D eigenvalue weighted by molar-refractivity contribution is -0.142. The van der Waals surface area contributed by atoms with Crippen LogP contribution in [-0.2, 0) is 20.5 Å². The highest BCUT2D eigenvalue weighted by atomic mass is 32.2. The first-order valence-corrected chi connectivity index (χ1v) is 11.5. The zero-order valence-electron chi connectivity index (χ0n) is 15.7. The number of nitrogens with one attached hydrogen (secondary N) is 1. The Morgan fingerprint density at radius 3 is 2.61 bits per heavy atom. The van der Waals surface area contributed by atoms with E-state index in [1.807, 2.05) is 0 Å². The molecule has 5 atom stereocenters. The number of carboxylic acids is 1. The van der Waals surface area contributed by atoms with Crippen molar-refractivity contribution in [3.8, 4) is 0 Å². The monoisotopic (exact) mass is 410 g/mol. The van der Waals surface area contributed by atoms with E-state index in [2.05, 4.69) is 20.1 Å². The fourth-order valence-corrected chi connectivity index (χ4v) is 8.31. The quantitative estimate of drug-likeness (QED) is 0.716. The first kappa shape index (κ1) is 18.4. The summed E-state index contributed by atoms with van der Waals surface area (Å²) in [5.41, 5.74) is -0.776. The van der Waals surface area contributed by atoms with E-state index in [-0.39, 0.29) is 12.1 Å². The molecule has 2 N–H and O–H groups in total. The number of hydrogen-bond acceptors (Lipinski definition) is 6. The molecule has 154 valence electrons. The molecule has 10 nitrogen and oxygen atoms in total. The largest absolute Gasteiger partial charge is 0.481 e. The molecule has 28 heavy (non-hydrogen) atoms. The lowest BCUT2D eigenvalue weighted by atomic mass is 9.50. The molecule has 11 heteroatoms. The van der Waals surface area contributed by atoms with E-state index in [4.69, 9.17) is 0 Å². The maximum absolute atomic E-state index is 13.2. The average Bonchev–Trinajstić information content (AvgIpc) is 3.15. The summed E-state index contributed by atoms with van der Waals surface area (Å²) in [6.07, 6.45) is 7.92. The van der Waals surface area contributed by atoms with Crippen LogP contribution in [0, 0.1) is 17.8 Å². The minimum atomic E-state index is -3.75. The van der Waals surface area contributed by atoms with Crippen LogP contribution < -0.4 is 4.72 Å². The second-order valence-corrected chi connectivity index (χ2v) is 11.0. The van der Waals surface area contributed by atoms with Gasteiger partial charge in [-0.1, -0.05) is 0 Å². The molecule has 1 aromatic rings. The number of aliphatic carboxylic acids is 1. The third-order valence-corrected chi connectivity index (χ3v) is 8.92. The van der Waals surface area contributed by atoms with Gasteiger partial charge in [-0.3, -0.25) is 4.79 Å². The van der Waals surface area contributed by atoms with Gasteiger partial charge >= 0.3 is 5.97 Å². The second kappa shape index (κ2) is 6.20. The van der Waals surface area contributed by atoms with Crippen LogP contribution in [0.5, 0.6) is 0 Å². The number of tetrazole rings is 1. The molecule has 2 unspecified atom stereocenters. The van der Waals surface area contributed by atoms with Crippen LogP contribution in [0.1, 0.15) is 51.4 Å². The second-order valence-electron chi connectivity index (χ2n) is 9.33. The molecule has 2 heterocycles. The summed E-state index contributed by atoms with van der Waals surface area (Å²) in [5, 5.41) is 21.6. The van der Waals surface area contributed by atoms with Gasteiger partial charge in [-0.2, -0.15) is 22.2 Å². The Morgan fingerprint density at radius 2 is 1.96 bits per heavy atom. The van der Waals surface area contributed by atoms with Crippen LogP contribution in [0.3, 0.4) is 0 Å². The molecule has 5 aliphatic rings. The standard InChI is InChI=1S/C17H26N6O4S/c24-15(25)14-2-1-3-22(9-14)28(26,27)20-16-5-12-4-13(6-16)8-17(7-12,10-16)23-19-11-18-21-23/h11-14,20H,1-10H2,(H,24,25)/t12-,13+,14-,16?,17?/m0/s1. The number of hydrogen-bond donors (Lipinski definition) is 2. The fourth-order valence-electron chi connectivity index (χ4n) is 6.65. The Hall–Kier alpha value is -1.59. The molecule has 1 aliphatic heterocycles. The number of nitrogens with zero attached hydrogens (tertiary/aromatic N) is 5. The third kappa shape index (κ3) is 2.94. The molecule has 1 saturated heterocycles. The van der Waals surface area contributed by atoms with Gasteiger partial charge in [0.05, 0.1) is 11.5 Å². The maximum Gasteiger partial charge on any atom is 0.307 e. The summed E-state index contributed by atoms with van der Waals surface area (Å²) < 4.78 is 30.8. The maximum atomic E-state index is 13.2. The highest BCUT2D eigenvalue weighted by Gasteiger charge is 2.61. The van der Waals surface area contributed by atoms with Gasteiger partial charge in [0, 0.05) is 18.6 Å². The minimum absolute atomic E-state index is 0.0450. The number of carbonyl (C=O) groups is 1. The van der Waals surface area contributed by atoms with Crippen LogP contribution in [0.2, 0.25) is 0 Å². The van der Waals surface area contributed by atoms with Crippen LogP contribution in [0.25, 0.3) is 0 Å². The summed E-state index contributed by atoms with van der Waals surface area (Å²) in [6, 6.07) is 0. The zero-order valence-corrected chi connectivity index (χ0v) is 16.5. The number of aromatic nitrogens is 4. The molecule has 4 saturated carbocycles. The summed E-state index contributed by atoms with van der Waals surface area (Å²) in [4.78, 5) is 13.0. The fraction of sp³-hybridized carbons (Fsp3) is 0.882. The smallest absolute Gasteiger partial charge is 0.307 e. The van der Waals surface area contributed by atoms with Crippen LogP contribution in [0.15, 0.2) is 6.33 Å². The highest BCUT2D eigenvalue weighted by molar-refractivity contribution is 7.87. The van der Waals surface area contributed by atoms with Crippen molar-refractivity contribution in [1.29, 1.82) is 0 Å². The topological polar surface area (TPSA) is 130 Å². The third-order valence-electron chi connectivity index (χ3n) is 7.22. The van der Waals surface area contributed by atoms with Crippen LogP contribution >= 0.6 is 0 Å². The van der Waals surface area contributed by atoms with E-state index in [9.17, 15) is 18.3 Å². The zero-order chi connectivity index (χ0) is 19.6. The molecule has 0 spiro atoms. The van der Waals surface area contributed by atoms with Gasteiger partial charge in [0.2, 0.25) is 0 Å². The van der Waals surface area contributed by atoms with Gasteiger partial charge in [0.1, 0.15) is 0 Å². The Labute approximate surface area is 163 Å². The predicted octanol–water partition coefficient (Wildman–Crippen LogP) is 0.352. The Balaban J connectivity index is 1.41. The lowest BCUT2D eigenvalue weighted by Gasteiger charge is -2.61. The van der Waals surface area contributed by atoms with Crippen molar-refractivity contribution in [1.82, 2.24) is 29.2 Å². The van der Waals surface area contributed by atoms with E-state index in [0.29, 0.717) is 37.6 Å². The average molecular weight is 411 g/mol. The first-order valence-electron chi connectivity index (χ1n) is 10.0. The van der Waals surface area contributed by atoms with Crippen molar-refractivity contribution in [2.75, 3.05) is 13.1 Å². The summed E-state index contributed by atoms with van der Waals surface area (Å²) in [7, 11) is -3.75. The van der Waals surface area contributed by atoms with Crippen molar-refractivity contribution >= 4 is 16.2 Å². The van der Waals surface area contributed by atoms with Crippen molar-refractivity contribution in [3.05, 3.63) is 6.33 Å². The summed E-state index contributed by atoms with van der Waals surface area (Å²) in [5.74, 6) is -0.663. The normalized spacial score (nSPS) is 40.6. The predicted molar refractivity (Wildman–Crippen MR) is 97.2 cm³/mol. The summed E-state index contributed by atoms with van der Waals surface area (Å²) in [6.45, 7) is 0.418. The van der Waals surface area contributed by atoms with Crippen LogP contribution in [0.4, 0.5) is 0 Å². The highest BCUT2D eigenvalue weighted by Crippen LogP contribution is 2.60. The van der Waals surface area contributed by atoms with E-state index >= 15 is 0 Å². The van der Waals surface area contributed by atoms with Gasteiger partial charge in [-0.15, -0.1) is 10.2 Å². The number of piperidine rings is 1. The Morgan fingerprint density at radius 1 is 1.21 bits per heavy atom. The molecule has 5 fully saturated rings. The molecule has 4 bridgehead atoms. The SMILES string of the molecule is O=C(O)[C@H]1CCCN(S(=O)(=O)NC23C[C@H]4C[C@@H](C2)CC(n2ncnn2)(C4)C3)C1. The molecule has 0 radical (unpaired) electrons. The van der Waals surface area contributed by atoms with Crippen molar-refractivity contribution in [2.24, 2.45) is 17.8 Å². The van der Waals surface area contributed by atoms with Gasteiger partial charge in [-0.05, 0) is 68.4 Å². The first-order chi connectivity index (χ1) is 13.3. The molecule has 1 aromatic heterocycles. The van der Waals surface area contributed by atoms with Gasteiger partial charge in [0.25, 0.3) is 10.2 Å². The Bertz CT molecular complexity index is 858. The molecule has 6 rings (SSSR count). The number of rotatable bonds is 5. The molecular weight excluding hydrogens is 384 g/mol. The molecular formula is C17H26N6O4S. The van der Waals surface area contributed by atoms with Crippen LogP contribution in [-0.4, -0.2) is 62.6 Å². The van der Waals surface area contributed by atoms with E-state index in [1.54, 1.807) is 4.80 Å². The summed E-state index contributed by atoms with van der Waals surface area (Å²) >= 11 is 0. The lowest BCUT2D eigenvalue weighted by Crippen LogP contribution is -2.67. The van der Waals surface area contributed by atoms with Gasteiger partial charge in [0.15, 0.2) is 6.33 Å². The molecule has 0 amide bonds. The van der Waals surface area contributed by atoms with Gasteiger partial charge < -0.3 is 5.11 Å². The van der Waals surface area contributed by atoms with E-state index in [0.717, 1.165) is 32.1 Å². The van der Waals surface area contributed by atoms with E-state index < -0.39 is 27.6 Å². The van der Waals surface area contributed by atoms with E-state index in [1.165, 1.54) is 10.6 Å². The van der Waals surface area contributed by atoms with Crippen molar-refractivity contribution in [2.45, 2.75) is 62.4 Å². The van der Waals surface area contributed by atoms with Crippen molar-refractivity contribution in [3.63, 3.8) is 0 Å². The minimum Gasteiger partial charge on any atom is -0.481 e. The molecule has 4 aliphatic carbocycles. The van der Waals surface area contributed by atoms with Crippen molar-refractivity contribution < 1.29 is 18.3 Å². The number of carboxylic acid groups (broad SMARTS) is 1.